The molecule has 126 valence electrons. The van der Waals surface area contributed by atoms with Gasteiger partial charge in [0.05, 0.1) is 11.3 Å². The molecule has 0 radical (unpaired) electrons. The molecular weight excluding hydrogens is 347 g/mol. The molecule has 0 spiro atoms. The van der Waals surface area contributed by atoms with Crippen molar-refractivity contribution in [2.75, 3.05) is 0 Å². The fraction of sp³-hybridized carbons (Fsp3) is 0.105. The van der Waals surface area contributed by atoms with Crippen LogP contribution in [0.4, 0.5) is 13.2 Å². The molecule has 0 bridgehead atoms. The van der Waals surface area contributed by atoms with Crippen molar-refractivity contribution in [1.82, 2.24) is 4.98 Å². The molecule has 0 aliphatic heterocycles. The summed E-state index contributed by atoms with van der Waals surface area (Å²) >= 11 is 1.40. The van der Waals surface area contributed by atoms with Gasteiger partial charge in [0.1, 0.15) is 6.10 Å². The molecule has 2 nitrogen and oxygen atoms in total. The Balaban J connectivity index is 1.96. The number of aliphatic hydroxyl groups is 1. The Kier molecular flexibility index (Phi) is 3.74. The minimum absolute atomic E-state index is 0.503. The van der Waals surface area contributed by atoms with Crippen LogP contribution in [0.25, 0.3) is 20.9 Å². The van der Waals surface area contributed by atoms with E-state index < -0.39 is 17.8 Å². The molecule has 0 aliphatic rings. The van der Waals surface area contributed by atoms with Crippen LogP contribution in [-0.2, 0) is 6.18 Å². The monoisotopic (exact) mass is 359 g/mol. The number of fused-ring (bicyclic) bond motifs is 3. The number of halogens is 3. The van der Waals surface area contributed by atoms with E-state index in [0.29, 0.717) is 27.4 Å². The molecular formula is C19H12F3NOS. The van der Waals surface area contributed by atoms with Crippen LogP contribution >= 0.6 is 11.3 Å². The lowest BCUT2D eigenvalue weighted by molar-refractivity contribution is -0.137. The van der Waals surface area contributed by atoms with Gasteiger partial charge in [-0.2, -0.15) is 13.2 Å². The smallest absolute Gasteiger partial charge is 0.382 e. The summed E-state index contributed by atoms with van der Waals surface area (Å²) in [6.07, 6.45) is -3.72. The molecule has 2 aromatic heterocycles. The quantitative estimate of drug-likeness (QED) is 0.509. The summed E-state index contributed by atoms with van der Waals surface area (Å²) in [5.74, 6) is 0. The first kappa shape index (κ1) is 16.1. The highest BCUT2D eigenvalue weighted by Crippen LogP contribution is 2.39. The van der Waals surface area contributed by atoms with Gasteiger partial charge >= 0.3 is 6.18 Å². The molecule has 2 aromatic carbocycles. The standard InChI is InChI=1S/C19H12F3NOS/c20-19(21,22)12-5-4-11-9-15(17(24)16-3-1-2-7-23-16)18-13(6-8-25-18)14(11)10-12/h1-10,17,24H. The van der Waals surface area contributed by atoms with Crippen molar-refractivity contribution < 1.29 is 18.3 Å². The van der Waals surface area contributed by atoms with E-state index in [1.54, 1.807) is 36.5 Å². The van der Waals surface area contributed by atoms with Gasteiger partial charge in [-0.15, -0.1) is 11.3 Å². The third-order valence-electron chi connectivity index (χ3n) is 4.17. The van der Waals surface area contributed by atoms with E-state index in [0.717, 1.165) is 10.8 Å². The molecule has 0 amide bonds. The van der Waals surface area contributed by atoms with Crippen molar-refractivity contribution in [3.05, 3.63) is 76.9 Å². The Hall–Kier alpha value is -2.44. The van der Waals surface area contributed by atoms with Crippen LogP contribution in [0.2, 0.25) is 0 Å². The lowest BCUT2D eigenvalue weighted by atomic mass is 9.97. The van der Waals surface area contributed by atoms with Crippen LogP contribution < -0.4 is 0 Å². The van der Waals surface area contributed by atoms with Crippen molar-refractivity contribution in [3.8, 4) is 0 Å². The van der Waals surface area contributed by atoms with Gasteiger partial charge in [-0.1, -0.05) is 12.1 Å². The second-order valence-corrected chi connectivity index (χ2v) is 6.64. The molecule has 4 aromatic rings. The van der Waals surface area contributed by atoms with Crippen molar-refractivity contribution in [2.45, 2.75) is 12.3 Å². The molecule has 0 fully saturated rings. The summed E-state index contributed by atoms with van der Waals surface area (Å²) in [5.41, 5.74) is 0.477. The van der Waals surface area contributed by atoms with Crippen LogP contribution in [-0.4, -0.2) is 10.1 Å². The fourth-order valence-corrected chi connectivity index (χ4v) is 3.92. The Labute approximate surface area is 145 Å². The van der Waals surface area contributed by atoms with Gasteiger partial charge in [0.15, 0.2) is 0 Å². The molecule has 2 heterocycles. The zero-order chi connectivity index (χ0) is 17.6. The highest BCUT2D eigenvalue weighted by atomic mass is 32.1. The van der Waals surface area contributed by atoms with Gasteiger partial charge in [0, 0.05) is 21.8 Å². The van der Waals surface area contributed by atoms with Crippen LogP contribution in [0.1, 0.15) is 22.9 Å². The summed E-state index contributed by atoms with van der Waals surface area (Å²) < 4.78 is 39.8. The zero-order valence-electron chi connectivity index (χ0n) is 12.8. The predicted octanol–water partition coefficient (Wildman–Crippen LogP) is 5.55. The number of rotatable bonds is 2. The first-order valence-corrected chi connectivity index (χ1v) is 8.43. The second kappa shape index (κ2) is 5.82. The summed E-state index contributed by atoms with van der Waals surface area (Å²) in [6, 6.07) is 12.5. The third-order valence-corrected chi connectivity index (χ3v) is 5.14. The van der Waals surface area contributed by atoms with E-state index in [9.17, 15) is 18.3 Å². The number of aliphatic hydroxyl groups excluding tert-OH is 1. The Morgan fingerprint density at radius 1 is 1.00 bits per heavy atom. The van der Waals surface area contributed by atoms with Crippen molar-refractivity contribution in [1.29, 1.82) is 0 Å². The topological polar surface area (TPSA) is 33.1 Å². The minimum atomic E-state index is -4.39. The lowest BCUT2D eigenvalue weighted by Crippen LogP contribution is -2.05. The molecule has 1 N–H and O–H groups in total. The van der Waals surface area contributed by atoms with Gasteiger partial charge in [0.2, 0.25) is 0 Å². The summed E-state index contributed by atoms with van der Waals surface area (Å²) in [5, 5.41) is 14.4. The Morgan fingerprint density at radius 3 is 2.56 bits per heavy atom. The maximum Gasteiger partial charge on any atom is 0.416 e. The number of hydrogen-bond donors (Lipinski definition) is 1. The largest absolute Gasteiger partial charge is 0.416 e. The SMILES string of the molecule is OC(c1ccccn1)c1cc2ccc(C(F)(F)F)cc2c2ccsc12. The van der Waals surface area contributed by atoms with E-state index in [1.165, 1.54) is 23.5 Å². The van der Waals surface area contributed by atoms with Gasteiger partial charge in [-0.05, 0) is 52.6 Å². The summed E-state index contributed by atoms with van der Waals surface area (Å²) in [6.45, 7) is 0. The number of nitrogens with zero attached hydrogens (tertiary/aromatic N) is 1. The highest BCUT2D eigenvalue weighted by Gasteiger charge is 2.30. The van der Waals surface area contributed by atoms with E-state index in [-0.39, 0.29) is 0 Å². The maximum absolute atomic E-state index is 13.0. The molecule has 1 atom stereocenters. The van der Waals surface area contributed by atoms with Crippen LogP contribution in [0.5, 0.6) is 0 Å². The number of pyridine rings is 1. The third kappa shape index (κ3) is 2.77. The van der Waals surface area contributed by atoms with Gasteiger partial charge in [-0.25, -0.2) is 0 Å². The lowest BCUT2D eigenvalue weighted by Gasteiger charge is -2.14. The van der Waals surface area contributed by atoms with Crippen molar-refractivity contribution in [2.24, 2.45) is 0 Å². The Morgan fingerprint density at radius 2 is 1.84 bits per heavy atom. The second-order valence-electron chi connectivity index (χ2n) is 5.72. The molecule has 1 unspecified atom stereocenters. The number of benzene rings is 2. The summed E-state index contributed by atoms with van der Waals surface area (Å²) in [7, 11) is 0. The van der Waals surface area contributed by atoms with Gasteiger partial charge in [-0.3, -0.25) is 4.98 Å². The molecule has 6 heteroatoms. The molecule has 0 saturated heterocycles. The van der Waals surface area contributed by atoms with Crippen LogP contribution in [0, 0.1) is 0 Å². The number of thiophene rings is 1. The normalized spacial score (nSPS) is 13.4. The number of hydrogen-bond acceptors (Lipinski definition) is 3. The van der Waals surface area contributed by atoms with Crippen molar-refractivity contribution in [3.63, 3.8) is 0 Å². The fourth-order valence-electron chi connectivity index (χ4n) is 2.97. The first-order valence-electron chi connectivity index (χ1n) is 7.55. The molecule has 0 saturated carbocycles. The van der Waals surface area contributed by atoms with Crippen molar-refractivity contribution >= 4 is 32.2 Å². The van der Waals surface area contributed by atoms with Crippen LogP contribution in [0.15, 0.2) is 60.1 Å². The van der Waals surface area contributed by atoms with E-state index in [1.807, 2.05) is 5.38 Å². The van der Waals surface area contributed by atoms with Gasteiger partial charge in [0.25, 0.3) is 0 Å². The zero-order valence-corrected chi connectivity index (χ0v) is 13.6. The number of alkyl halides is 3. The summed E-state index contributed by atoms with van der Waals surface area (Å²) in [4.78, 5) is 4.18. The van der Waals surface area contributed by atoms with E-state index >= 15 is 0 Å². The number of aromatic nitrogens is 1. The molecule has 0 aliphatic carbocycles. The average Bonchev–Trinajstić information content (AvgIpc) is 3.10. The molecule has 4 rings (SSSR count). The van der Waals surface area contributed by atoms with Crippen LogP contribution in [0.3, 0.4) is 0 Å². The minimum Gasteiger partial charge on any atom is -0.382 e. The highest BCUT2D eigenvalue weighted by molar-refractivity contribution is 7.17. The predicted molar refractivity (Wildman–Crippen MR) is 92.6 cm³/mol. The maximum atomic E-state index is 13.0. The van der Waals surface area contributed by atoms with Gasteiger partial charge < -0.3 is 5.11 Å². The average molecular weight is 359 g/mol. The van der Waals surface area contributed by atoms with E-state index in [2.05, 4.69) is 4.98 Å². The Bertz CT molecular complexity index is 1060. The van der Waals surface area contributed by atoms with E-state index in [4.69, 9.17) is 0 Å². The molecule has 25 heavy (non-hydrogen) atoms. The first-order chi connectivity index (χ1) is 11.9.